The molecule has 0 unspecified atom stereocenters. The summed E-state index contributed by atoms with van der Waals surface area (Å²) in [5, 5.41) is 4.10. The highest BCUT2D eigenvalue weighted by molar-refractivity contribution is 9.10. The summed E-state index contributed by atoms with van der Waals surface area (Å²) in [4.78, 5) is 35.0. The maximum Gasteiger partial charge on any atom is 0.328 e. The van der Waals surface area contributed by atoms with Crippen molar-refractivity contribution < 1.29 is 19.1 Å². The molecule has 0 spiro atoms. The standard InChI is InChI=1S/C19H15BrN2O4/c1-11-3-2-4-12(7-11)10-26-16-6-5-14(20)8-13(16)9-15-17(23)21-19(25)22-18(15)24/h2-9H,10H2,1H3,(H2,21,22,23,24,25). The van der Waals surface area contributed by atoms with Crippen molar-refractivity contribution in [2.45, 2.75) is 13.5 Å². The van der Waals surface area contributed by atoms with Crippen LogP contribution in [0.3, 0.4) is 0 Å². The van der Waals surface area contributed by atoms with Crippen molar-refractivity contribution in [3.63, 3.8) is 0 Å². The normalized spacial score (nSPS) is 13.9. The first-order chi connectivity index (χ1) is 12.4. The fraction of sp³-hybridized carbons (Fsp3) is 0.105. The van der Waals surface area contributed by atoms with Crippen LogP contribution in [0.15, 0.2) is 52.5 Å². The van der Waals surface area contributed by atoms with Gasteiger partial charge in [0.25, 0.3) is 11.8 Å². The second kappa shape index (κ2) is 7.53. The number of carbonyl (C=O) groups is 3. The van der Waals surface area contributed by atoms with Crippen LogP contribution >= 0.6 is 15.9 Å². The van der Waals surface area contributed by atoms with Gasteiger partial charge in [-0.2, -0.15) is 0 Å². The summed E-state index contributed by atoms with van der Waals surface area (Å²) >= 11 is 3.37. The third-order valence-electron chi connectivity index (χ3n) is 3.69. The fourth-order valence-electron chi connectivity index (χ4n) is 2.49. The van der Waals surface area contributed by atoms with E-state index in [0.29, 0.717) is 17.9 Å². The van der Waals surface area contributed by atoms with Gasteiger partial charge in [0.2, 0.25) is 0 Å². The van der Waals surface area contributed by atoms with Crippen LogP contribution in [0.5, 0.6) is 5.75 Å². The van der Waals surface area contributed by atoms with Gasteiger partial charge in [-0.3, -0.25) is 20.2 Å². The van der Waals surface area contributed by atoms with Crippen molar-refractivity contribution in [3.05, 3.63) is 69.2 Å². The number of rotatable bonds is 4. The molecule has 0 atom stereocenters. The first kappa shape index (κ1) is 17.9. The Bertz CT molecular complexity index is 915. The smallest absolute Gasteiger partial charge is 0.328 e. The summed E-state index contributed by atoms with van der Waals surface area (Å²) in [6, 6.07) is 12.4. The quantitative estimate of drug-likeness (QED) is 0.594. The highest BCUT2D eigenvalue weighted by Gasteiger charge is 2.28. The van der Waals surface area contributed by atoms with Crippen LogP contribution in [0.4, 0.5) is 4.79 Å². The summed E-state index contributed by atoms with van der Waals surface area (Å²) < 4.78 is 6.63. The molecule has 26 heavy (non-hydrogen) atoms. The highest BCUT2D eigenvalue weighted by atomic mass is 79.9. The third-order valence-corrected chi connectivity index (χ3v) is 4.19. The van der Waals surface area contributed by atoms with Gasteiger partial charge in [-0.25, -0.2) is 4.79 Å². The number of nitrogens with one attached hydrogen (secondary N) is 2. The highest BCUT2D eigenvalue weighted by Crippen LogP contribution is 2.27. The average molecular weight is 415 g/mol. The molecule has 1 saturated heterocycles. The Hall–Kier alpha value is -2.93. The predicted octanol–water partition coefficient (Wildman–Crippen LogP) is 3.09. The summed E-state index contributed by atoms with van der Waals surface area (Å²) in [6.45, 7) is 2.34. The Balaban J connectivity index is 1.88. The SMILES string of the molecule is Cc1cccc(COc2ccc(Br)cc2C=C2C(=O)NC(=O)NC2=O)c1. The molecule has 6 nitrogen and oxygen atoms in total. The lowest BCUT2D eigenvalue weighted by Gasteiger charge is -2.15. The first-order valence-corrected chi connectivity index (χ1v) is 8.58. The first-order valence-electron chi connectivity index (χ1n) is 7.78. The Morgan fingerprint density at radius 3 is 2.46 bits per heavy atom. The number of imide groups is 2. The van der Waals surface area contributed by atoms with Crippen LogP contribution in [0.2, 0.25) is 0 Å². The zero-order chi connectivity index (χ0) is 18.7. The van der Waals surface area contributed by atoms with E-state index >= 15 is 0 Å². The molecule has 1 heterocycles. The topological polar surface area (TPSA) is 84.5 Å². The molecule has 0 radical (unpaired) electrons. The average Bonchev–Trinajstić information content (AvgIpc) is 2.57. The van der Waals surface area contributed by atoms with E-state index in [-0.39, 0.29) is 5.57 Å². The molecule has 0 bridgehead atoms. The van der Waals surface area contributed by atoms with E-state index < -0.39 is 17.8 Å². The van der Waals surface area contributed by atoms with Gasteiger partial charge >= 0.3 is 6.03 Å². The molecule has 2 N–H and O–H groups in total. The molecule has 3 rings (SSSR count). The molecule has 4 amide bonds. The molecule has 132 valence electrons. The summed E-state index contributed by atoms with van der Waals surface area (Å²) in [7, 11) is 0. The fourth-order valence-corrected chi connectivity index (χ4v) is 2.87. The van der Waals surface area contributed by atoms with Gasteiger partial charge in [0.15, 0.2) is 0 Å². The molecule has 1 aliphatic rings. The van der Waals surface area contributed by atoms with Crippen LogP contribution in [-0.2, 0) is 16.2 Å². The largest absolute Gasteiger partial charge is 0.488 e. The van der Waals surface area contributed by atoms with E-state index in [4.69, 9.17) is 4.74 Å². The van der Waals surface area contributed by atoms with Gasteiger partial charge in [0.1, 0.15) is 17.9 Å². The Morgan fingerprint density at radius 2 is 1.77 bits per heavy atom. The Labute approximate surface area is 158 Å². The molecular weight excluding hydrogens is 400 g/mol. The number of hydrogen-bond acceptors (Lipinski definition) is 4. The van der Waals surface area contributed by atoms with E-state index in [2.05, 4.69) is 15.9 Å². The number of hydrogen-bond donors (Lipinski definition) is 2. The van der Waals surface area contributed by atoms with E-state index in [1.54, 1.807) is 18.2 Å². The number of carbonyl (C=O) groups excluding carboxylic acids is 3. The number of barbiturate groups is 1. The monoisotopic (exact) mass is 414 g/mol. The lowest BCUT2D eigenvalue weighted by Crippen LogP contribution is -2.51. The van der Waals surface area contributed by atoms with Gasteiger partial charge in [0, 0.05) is 10.0 Å². The minimum Gasteiger partial charge on any atom is -0.488 e. The van der Waals surface area contributed by atoms with Crippen molar-refractivity contribution >= 4 is 39.9 Å². The van der Waals surface area contributed by atoms with Crippen molar-refractivity contribution in [1.82, 2.24) is 10.6 Å². The molecule has 1 fully saturated rings. The second-order valence-corrected chi connectivity index (χ2v) is 6.67. The van der Waals surface area contributed by atoms with Crippen molar-refractivity contribution in [1.29, 1.82) is 0 Å². The molecular formula is C19H15BrN2O4. The molecule has 0 aliphatic carbocycles. The summed E-state index contributed by atoms with van der Waals surface area (Å²) in [5.41, 5.74) is 2.51. The van der Waals surface area contributed by atoms with E-state index in [0.717, 1.165) is 15.6 Å². The van der Waals surface area contributed by atoms with E-state index in [1.807, 2.05) is 41.8 Å². The minimum atomic E-state index is -0.831. The zero-order valence-electron chi connectivity index (χ0n) is 13.8. The number of ether oxygens (including phenoxy) is 1. The molecule has 2 aromatic rings. The summed E-state index contributed by atoms with van der Waals surface area (Å²) in [5.74, 6) is -0.980. The predicted molar refractivity (Wildman–Crippen MR) is 99.3 cm³/mol. The van der Waals surface area contributed by atoms with Crippen LogP contribution < -0.4 is 15.4 Å². The summed E-state index contributed by atoms with van der Waals surface area (Å²) in [6.07, 6.45) is 1.40. The zero-order valence-corrected chi connectivity index (χ0v) is 15.4. The lowest BCUT2D eigenvalue weighted by atomic mass is 10.1. The van der Waals surface area contributed by atoms with Gasteiger partial charge in [0.05, 0.1) is 0 Å². The number of benzene rings is 2. The van der Waals surface area contributed by atoms with Crippen LogP contribution in [0.25, 0.3) is 6.08 Å². The van der Waals surface area contributed by atoms with Gasteiger partial charge < -0.3 is 4.74 Å². The number of aryl methyl sites for hydroxylation is 1. The molecule has 0 saturated carbocycles. The maximum atomic E-state index is 11.9. The van der Waals surface area contributed by atoms with Gasteiger partial charge in [-0.05, 0) is 36.8 Å². The third kappa shape index (κ3) is 4.18. The van der Waals surface area contributed by atoms with E-state index in [1.165, 1.54) is 6.08 Å². The maximum absolute atomic E-state index is 11.9. The lowest BCUT2D eigenvalue weighted by molar-refractivity contribution is -0.123. The molecule has 0 aromatic heterocycles. The molecule has 7 heteroatoms. The van der Waals surface area contributed by atoms with Crippen LogP contribution in [-0.4, -0.2) is 17.8 Å². The second-order valence-electron chi connectivity index (χ2n) is 5.76. The van der Waals surface area contributed by atoms with Crippen molar-refractivity contribution in [2.75, 3.05) is 0 Å². The van der Waals surface area contributed by atoms with Crippen LogP contribution in [0, 0.1) is 6.92 Å². The van der Waals surface area contributed by atoms with Gasteiger partial charge in [-0.1, -0.05) is 45.8 Å². The number of amides is 4. The van der Waals surface area contributed by atoms with Gasteiger partial charge in [-0.15, -0.1) is 0 Å². The van der Waals surface area contributed by atoms with E-state index in [9.17, 15) is 14.4 Å². The Morgan fingerprint density at radius 1 is 1.04 bits per heavy atom. The minimum absolute atomic E-state index is 0.164. The van der Waals surface area contributed by atoms with Crippen LogP contribution in [0.1, 0.15) is 16.7 Å². The van der Waals surface area contributed by atoms with Crippen molar-refractivity contribution in [2.24, 2.45) is 0 Å². The Kier molecular flexibility index (Phi) is 5.18. The molecule has 1 aliphatic heterocycles. The van der Waals surface area contributed by atoms with Crippen molar-refractivity contribution in [3.8, 4) is 5.75 Å². The molecule has 2 aromatic carbocycles. The number of halogens is 1. The number of urea groups is 1.